The summed E-state index contributed by atoms with van der Waals surface area (Å²) in [6.45, 7) is 4.78. The molecule has 0 amide bonds. The molecule has 1 rings (SSSR count). The van der Waals surface area contributed by atoms with Gasteiger partial charge in [0.1, 0.15) is 6.04 Å². The molecular weight excluding hydrogens is 192 g/mol. The molecule has 1 N–H and O–H groups in total. The Hall–Kier alpha value is -1.06. The molecule has 1 aliphatic rings. The number of hydrogen-bond donors (Lipinski definition) is 1. The Morgan fingerprint density at radius 2 is 2.13 bits per heavy atom. The Labute approximate surface area is 91.1 Å². The van der Waals surface area contributed by atoms with Crippen molar-refractivity contribution in [2.24, 2.45) is 5.92 Å². The third-order valence-corrected chi connectivity index (χ3v) is 2.82. The van der Waals surface area contributed by atoms with Gasteiger partial charge in [-0.15, -0.1) is 0 Å². The van der Waals surface area contributed by atoms with Gasteiger partial charge in [0.15, 0.2) is 0 Å². The van der Waals surface area contributed by atoms with E-state index in [0.717, 1.165) is 25.8 Å². The first kappa shape index (κ1) is 12.0. The number of carbonyl (C=O) groups excluding carboxylic acids is 1. The largest absolute Gasteiger partial charge is 0.467 e. The third-order valence-electron chi connectivity index (χ3n) is 2.82. The van der Waals surface area contributed by atoms with Crippen molar-refractivity contribution < 1.29 is 9.53 Å². The Balaban J connectivity index is 2.78. The van der Waals surface area contributed by atoms with Crippen molar-refractivity contribution in [3.63, 3.8) is 0 Å². The summed E-state index contributed by atoms with van der Waals surface area (Å²) in [4.78, 5) is 13.5. The zero-order valence-corrected chi connectivity index (χ0v) is 9.75. The summed E-state index contributed by atoms with van der Waals surface area (Å²) in [6, 6.07) is -0.289. The summed E-state index contributed by atoms with van der Waals surface area (Å²) in [5.41, 5.74) is 0. The second-order valence-corrected chi connectivity index (χ2v) is 4.31. The Bertz CT molecular complexity index is 251. The van der Waals surface area contributed by atoms with Crippen LogP contribution >= 0.6 is 0 Å². The summed E-state index contributed by atoms with van der Waals surface area (Å²) < 4.78 is 4.80. The molecule has 0 aromatic carbocycles. The maximum atomic E-state index is 11.6. The summed E-state index contributed by atoms with van der Waals surface area (Å²) in [5.74, 6) is 0.526. The minimum atomic E-state index is -0.289. The van der Waals surface area contributed by atoms with Crippen LogP contribution in [-0.2, 0) is 9.53 Å². The second-order valence-electron chi connectivity index (χ2n) is 4.31. The predicted molar refractivity (Wildman–Crippen MR) is 58.9 cm³/mol. The molecule has 1 unspecified atom stereocenters. The van der Waals surface area contributed by atoms with E-state index in [0.29, 0.717) is 5.84 Å². The van der Waals surface area contributed by atoms with Gasteiger partial charge in [0.25, 0.3) is 0 Å². The summed E-state index contributed by atoms with van der Waals surface area (Å²) in [7, 11) is 1.41. The number of esters is 1. The zero-order chi connectivity index (χ0) is 11.4. The Kier molecular flexibility index (Phi) is 4.12. The van der Waals surface area contributed by atoms with Gasteiger partial charge in [0.05, 0.1) is 12.9 Å². The topological polar surface area (TPSA) is 53.4 Å². The fourth-order valence-corrected chi connectivity index (χ4v) is 2.04. The average molecular weight is 212 g/mol. The summed E-state index contributed by atoms with van der Waals surface area (Å²) in [6.07, 6.45) is 2.89. The van der Waals surface area contributed by atoms with E-state index in [1.165, 1.54) is 7.11 Å². The summed E-state index contributed by atoms with van der Waals surface area (Å²) in [5, 5.41) is 7.86. The fraction of sp³-hybridized carbons (Fsp3) is 0.818. The van der Waals surface area contributed by atoms with Gasteiger partial charge in [0.2, 0.25) is 0 Å². The first-order valence-corrected chi connectivity index (χ1v) is 5.49. The van der Waals surface area contributed by atoms with Gasteiger partial charge in [-0.3, -0.25) is 5.41 Å². The molecule has 1 heterocycles. The molecule has 0 aromatic rings. The number of nitrogens with zero attached hydrogens (tertiary/aromatic N) is 1. The van der Waals surface area contributed by atoms with Crippen LogP contribution in [0.4, 0.5) is 0 Å². The van der Waals surface area contributed by atoms with Crippen molar-refractivity contribution in [3.05, 3.63) is 0 Å². The number of nitrogens with one attached hydrogen (secondary N) is 1. The first-order chi connectivity index (χ1) is 7.07. The van der Waals surface area contributed by atoms with Crippen LogP contribution in [0.1, 0.15) is 33.1 Å². The Morgan fingerprint density at radius 1 is 1.47 bits per heavy atom. The first-order valence-electron chi connectivity index (χ1n) is 5.49. The number of piperidine rings is 1. The van der Waals surface area contributed by atoms with E-state index in [4.69, 9.17) is 10.1 Å². The normalized spacial score (nSPS) is 19.2. The van der Waals surface area contributed by atoms with Gasteiger partial charge in [-0.1, -0.05) is 13.8 Å². The second kappa shape index (κ2) is 5.14. The highest BCUT2D eigenvalue weighted by atomic mass is 16.5. The number of hydrogen-bond acceptors (Lipinski definition) is 3. The van der Waals surface area contributed by atoms with Crippen LogP contribution < -0.4 is 0 Å². The lowest BCUT2D eigenvalue weighted by molar-refractivity contribution is -0.147. The van der Waals surface area contributed by atoms with E-state index >= 15 is 0 Å². The smallest absolute Gasteiger partial charge is 0.328 e. The van der Waals surface area contributed by atoms with Gasteiger partial charge in [-0.2, -0.15) is 0 Å². The average Bonchev–Trinajstić information content (AvgIpc) is 2.20. The van der Waals surface area contributed by atoms with Crippen LogP contribution in [0.5, 0.6) is 0 Å². The molecule has 15 heavy (non-hydrogen) atoms. The van der Waals surface area contributed by atoms with Crippen molar-refractivity contribution in [1.82, 2.24) is 4.90 Å². The van der Waals surface area contributed by atoms with Crippen LogP contribution in [0.15, 0.2) is 0 Å². The van der Waals surface area contributed by atoms with Crippen molar-refractivity contribution >= 4 is 11.8 Å². The molecular formula is C11H20N2O2. The number of methoxy groups -OCH3 is 1. The van der Waals surface area contributed by atoms with Crippen LogP contribution in [0.2, 0.25) is 0 Å². The molecule has 1 aliphatic heterocycles. The molecule has 0 saturated carbocycles. The van der Waals surface area contributed by atoms with Crippen molar-refractivity contribution in [2.75, 3.05) is 13.7 Å². The maximum Gasteiger partial charge on any atom is 0.328 e. The minimum absolute atomic E-state index is 0.177. The number of amidine groups is 1. The number of rotatable bonds is 3. The maximum absolute atomic E-state index is 11.6. The quantitative estimate of drug-likeness (QED) is 0.724. The monoisotopic (exact) mass is 212 g/mol. The van der Waals surface area contributed by atoms with Gasteiger partial charge in [-0.25, -0.2) is 4.79 Å². The number of ether oxygens (including phenoxy) is 1. The van der Waals surface area contributed by atoms with E-state index in [1.54, 1.807) is 0 Å². The third kappa shape index (κ3) is 2.70. The van der Waals surface area contributed by atoms with E-state index in [1.807, 2.05) is 18.7 Å². The van der Waals surface area contributed by atoms with Gasteiger partial charge in [0, 0.05) is 13.0 Å². The molecule has 0 aromatic heterocycles. The van der Waals surface area contributed by atoms with E-state index in [2.05, 4.69) is 0 Å². The molecule has 86 valence electrons. The van der Waals surface area contributed by atoms with Crippen molar-refractivity contribution in [2.45, 2.75) is 39.2 Å². The molecule has 0 bridgehead atoms. The SMILES string of the molecule is COC(=O)C(C(C)C)N1CCCCC1=N. The van der Waals surface area contributed by atoms with Crippen LogP contribution in [0.3, 0.4) is 0 Å². The van der Waals surface area contributed by atoms with Crippen molar-refractivity contribution in [3.8, 4) is 0 Å². The van der Waals surface area contributed by atoms with Crippen molar-refractivity contribution in [1.29, 1.82) is 5.41 Å². The summed E-state index contributed by atoms with van der Waals surface area (Å²) >= 11 is 0. The molecule has 4 nitrogen and oxygen atoms in total. The predicted octanol–water partition coefficient (Wildman–Crippen LogP) is 1.65. The molecule has 1 saturated heterocycles. The standard InChI is InChI=1S/C11H20N2O2/c1-8(2)10(11(14)15-3)13-7-5-4-6-9(13)12/h8,10,12H,4-7H2,1-3H3. The van der Waals surface area contributed by atoms with Gasteiger partial charge in [-0.05, 0) is 18.8 Å². The highest BCUT2D eigenvalue weighted by Crippen LogP contribution is 2.19. The van der Waals surface area contributed by atoms with Crippen LogP contribution in [0, 0.1) is 11.3 Å². The lowest BCUT2D eigenvalue weighted by Gasteiger charge is -2.36. The highest BCUT2D eigenvalue weighted by Gasteiger charge is 2.32. The van der Waals surface area contributed by atoms with E-state index in [-0.39, 0.29) is 17.9 Å². The zero-order valence-electron chi connectivity index (χ0n) is 9.75. The van der Waals surface area contributed by atoms with Gasteiger partial charge < -0.3 is 9.64 Å². The number of carbonyl (C=O) groups is 1. The molecule has 1 atom stereocenters. The van der Waals surface area contributed by atoms with Gasteiger partial charge >= 0.3 is 5.97 Å². The van der Waals surface area contributed by atoms with Crippen LogP contribution in [0.25, 0.3) is 0 Å². The molecule has 4 heteroatoms. The minimum Gasteiger partial charge on any atom is -0.467 e. The van der Waals surface area contributed by atoms with E-state index in [9.17, 15) is 4.79 Å². The number of likely N-dealkylation sites (tertiary alicyclic amines) is 1. The highest BCUT2D eigenvalue weighted by molar-refractivity contribution is 5.86. The molecule has 0 aliphatic carbocycles. The lowest BCUT2D eigenvalue weighted by Crippen LogP contribution is -2.50. The fourth-order valence-electron chi connectivity index (χ4n) is 2.04. The molecule has 0 spiro atoms. The molecule has 0 radical (unpaired) electrons. The van der Waals surface area contributed by atoms with Crippen LogP contribution in [-0.4, -0.2) is 36.4 Å². The molecule has 1 fully saturated rings. The Morgan fingerprint density at radius 3 is 2.60 bits per heavy atom. The lowest BCUT2D eigenvalue weighted by atomic mass is 9.99. The van der Waals surface area contributed by atoms with E-state index < -0.39 is 0 Å².